The van der Waals surface area contributed by atoms with E-state index in [0.29, 0.717) is 16.9 Å². The monoisotopic (exact) mass is 326 g/mol. The molecule has 2 heterocycles. The molecule has 0 bridgehead atoms. The SMILES string of the molecule is CCCCc1cc(=O)oc2c(C)c(OC(=O)c3ccco3)ccc12. The van der Waals surface area contributed by atoms with Gasteiger partial charge in [0.2, 0.25) is 5.76 Å². The number of unbranched alkanes of at least 4 members (excludes halogenated alkanes) is 1. The lowest BCUT2D eigenvalue weighted by atomic mass is 10.0. The molecule has 3 rings (SSSR count). The number of ether oxygens (including phenoxy) is 1. The van der Waals surface area contributed by atoms with Gasteiger partial charge in [-0.1, -0.05) is 13.3 Å². The maximum Gasteiger partial charge on any atom is 0.379 e. The number of rotatable bonds is 5. The molecule has 0 fully saturated rings. The summed E-state index contributed by atoms with van der Waals surface area (Å²) in [5.41, 5.74) is 1.63. The summed E-state index contributed by atoms with van der Waals surface area (Å²) in [5.74, 6) is -0.126. The highest BCUT2D eigenvalue weighted by molar-refractivity contribution is 5.90. The third kappa shape index (κ3) is 3.11. The molecule has 0 aliphatic rings. The molecular formula is C19H18O5. The van der Waals surface area contributed by atoms with Gasteiger partial charge in [-0.05, 0) is 49.6 Å². The van der Waals surface area contributed by atoms with E-state index in [-0.39, 0.29) is 5.76 Å². The normalized spacial score (nSPS) is 10.9. The zero-order valence-electron chi connectivity index (χ0n) is 13.6. The lowest BCUT2D eigenvalue weighted by molar-refractivity contribution is 0.0700. The van der Waals surface area contributed by atoms with Crippen LogP contribution >= 0.6 is 0 Å². The Morgan fingerprint density at radius 1 is 1.25 bits per heavy atom. The standard InChI is InChI=1S/C19H18O5/c1-3-4-6-13-11-17(20)24-18-12(2)15(9-8-14(13)18)23-19(21)16-7-5-10-22-16/h5,7-11H,3-4,6H2,1-2H3. The summed E-state index contributed by atoms with van der Waals surface area (Å²) < 4.78 is 15.7. The number of furan rings is 1. The Labute approximate surface area is 138 Å². The number of esters is 1. The van der Waals surface area contributed by atoms with Gasteiger partial charge in [0, 0.05) is 17.0 Å². The smallest absolute Gasteiger partial charge is 0.379 e. The van der Waals surface area contributed by atoms with E-state index < -0.39 is 11.6 Å². The predicted molar refractivity (Wildman–Crippen MR) is 89.5 cm³/mol. The first kappa shape index (κ1) is 16.1. The van der Waals surface area contributed by atoms with Crippen LogP contribution < -0.4 is 10.4 Å². The summed E-state index contributed by atoms with van der Waals surface area (Å²) in [4.78, 5) is 23.9. The van der Waals surface area contributed by atoms with Crippen molar-refractivity contribution in [2.24, 2.45) is 0 Å². The predicted octanol–water partition coefficient (Wildman–Crippen LogP) is 4.26. The lowest BCUT2D eigenvalue weighted by Gasteiger charge is -2.10. The molecule has 0 N–H and O–H groups in total. The van der Waals surface area contributed by atoms with Gasteiger partial charge in [0.15, 0.2) is 0 Å². The van der Waals surface area contributed by atoms with Crippen LogP contribution in [0.3, 0.4) is 0 Å². The van der Waals surface area contributed by atoms with Crippen LogP contribution in [0.4, 0.5) is 0 Å². The number of carbonyl (C=O) groups is 1. The third-order valence-electron chi connectivity index (χ3n) is 3.92. The second kappa shape index (κ2) is 6.74. The van der Waals surface area contributed by atoms with Crippen LogP contribution in [0.2, 0.25) is 0 Å². The Kier molecular flexibility index (Phi) is 4.51. The van der Waals surface area contributed by atoms with Gasteiger partial charge in [-0.2, -0.15) is 0 Å². The summed E-state index contributed by atoms with van der Waals surface area (Å²) in [7, 11) is 0. The van der Waals surface area contributed by atoms with Gasteiger partial charge >= 0.3 is 11.6 Å². The first-order valence-electron chi connectivity index (χ1n) is 7.92. The Bertz CT molecular complexity index is 919. The summed E-state index contributed by atoms with van der Waals surface area (Å²) >= 11 is 0. The molecule has 2 aromatic heterocycles. The maximum atomic E-state index is 12.0. The first-order valence-corrected chi connectivity index (χ1v) is 7.92. The zero-order chi connectivity index (χ0) is 17.1. The molecule has 5 heteroatoms. The zero-order valence-corrected chi connectivity index (χ0v) is 13.6. The Morgan fingerprint density at radius 2 is 2.08 bits per heavy atom. The van der Waals surface area contributed by atoms with Crippen LogP contribution in [0.25, 0.3) is 11.0 Å². The van der Waals surface area contributed by atoms with E-state index >= 15 is 0 Å². The van der Waals surface area contributed by atoms with Crippen molar-refractivity contribution in [3.05, 3.63) is 63.9 Å². The molecule has 1 aromatic carbocycles. The van der Waals surface area contributed by atoms with E-state index in [0.717, 1.165) is 30.2 Å². The minimum atomic E-state index is -0.591. The molecule has 24 heavy (non-hydrogen) atoms. The third-order valence-corrected chi connectivity index (χ3v) is 3.92. The largest absolute Gasteiger partial charge is 0.457 e. The molecule has 5 nitrogen and oxygen atoms in total. The van der Waals surface area contributed by atoms with Crippen molar-refractivity contribution in [2.75, 3.05) is 0 Å². The van der Waals surface area contributed by atoms with E-state index in [2.05, 4.69) is 6.92 Å². The van der Waals surface area contributed by atoms with Gasteiger partial charge in [0.25, 0.3) is 0 Å². The molecule has 0 spiro atoms. The van der Waals surface area contributed by atoms with E-state index in [4.69, 9.17) is 13.6 Å². The first-order chi connectivity index (χ1) is 11.6. The molecule has 0 radical (unpaired) electrons. The molecule has 0 amide bonds. The van der Waals surface area contributed by atoms with Gasteiger partial charge in [0.1, 0.15) is 11.3 Å². The summed E-state index contributed by atoms with van der Waals surface area (Å²) in [6.07, 6.45) is 4.25. The molecule has 0 unspecified atom stereocenters. The van der Waals surface area contributed by atoms with Gasteiger partial charge < -0.3 is 13.6 Å². The van der Waals surface area contributed by atoms with Gasteiger partial charge in [-0.3, -0.25) is 0 Å². The number of hydrogen-bond donors (Lipinski definition) is 0. The van der Waals surface area contributed by atoms with Crippen LogP contribution in [-0.2, 0) is 6.42 Å². The molecule has 3 aromatic rings. The number of carbonyl (C=O) groups excluding carboxylic acids is 1. The number of aryl methyl sites for hydroxylation is 2. The molecule has 0 atom stereocenters. The van der Waals surface area contributed by atoms with Crippen molar-refractivity contribution in [3.8, 4) is 5.75 Å². The highest BCUT2D eigenvalue weighted by Crippen LogP contribution is 2.29. The average Bonchev–Trinajstić information content (AvgIpc) is 3.10. The molecule has 0 saturated carbocycles. The van der Waals surface area contributed by atoms with Gasteiger partial charge in [-0.15, -0.1) is 0 Å². The number of fused-ring (bicyclic) bond motifs is 1. The highest BCUT2D eigenvalue weighted by Gasteiger charge is 2.16. The Morgan fingerprint density at radius 3 is 2.79 bits per heavy atom. The van der Waals surface area contributed by atoms with Crippen molar-refractivity contribution in [3.63, 3.8) is 0 Å². The number of benzene rings is 1. The van der Waals surface area contributed by atoms with E-state index in [1.165, 1.54) is 18.4 Å². The van der Waals surface area contributed by atoms with E-state index in [9.17, 15) is 9.59 Å². The highest BCUT2D eigenvalue weighted by atomic mass is 16.5. The van der Waals surface area contributed by atoms with Crippen LogP contribution in [0.5, 0.6) is 5.75 Å². The van der Waals surface area contributed by atoms with Gasteiger partial charge in [0.05, 0.1) is 6.26 Å². The van der Waals surface area contributed by atoms with Gasteiger partial charge in [-0.25, -0.2) is 9.59 Å². The fraction of sp³-hybridized carbons (Fsp3) is 0.263. The fourth-order valence-corrected chi connectivity index (χ4v) is 2.64. The average molecular weight is 326 g/mol. The molecule has 0 aliphatic carbocycles. The fourth-order valence-electron chi connectivity index (χ4n) is 2.64. The van der Waals surface area contributed by atoms with Crippen LogP contribution in [0, 0.1) is 6.92 Å². The number of hydrogen-bond acceptors (Lipinski definition) is 5. The molecule has 0 saturated heterocycles. The minimum Gasteiger partial charge on any atom is -0.457 e. The topological polar surface area (TPSA) is 69.7 Å². The molecule has 124 valence electrons. The second-order valence-electron chi connectivity index (χ2n) is 5.63. The van der Waals surface area contributed by atoms with Crippen molar-refractivity contribution >= 4 is 16.9 Å². The maximum absolute atomic E-state index is 12.0. The lowest BCUT2D eigenvalue weighted by Crippen LogP contribution is -2.09. The minimum absolute atomic E-state index is 0.118. The molecular weight excluding hydrogens is 308 g/mol. The Balaban J connectivity index is 2.01. The summed E-state index contributed by atoms with van der Waals surface area (Å²) in [6.45, 7) is 3.87. The van der Waals surface area contributed by atoms with Crippen molar-refractivity contribution in [1.82, 2.24) is 0 Å². The van der Waals surface area contributed by atoms with Crippen LogP contribution in [-0.4, -0.2) is 5.97 Å². The van der Waals surface area contributed by atoms with Crippen molar-refractivity contribution in [1.29, 1.82) is 0 Å². The van der Waals surface area contributed by atoms with Crippen molar-refractivity contribution < 1.29 is 18.4 Å². The van der Waals surface area contributed by atoms with Crippen molar-refractivity contribution in [2.45, 2.75) is 33.1 Å². The van der Waals surface area contributed by atoms with Crippen LogP contribution in [0.15, 0.2) is 50.2 Å². The van der Waals surface area contributed by atoms with E-state index in [1.807, 2.05) is 6.07 Å². The molecule has 0 aliphatic heterocycles. The van der Waals surface area contributed by atoms with Crippen LogP contribution in [0.1, 0.15) is 41.4 Å². The van der Waals surface area contributed by atoms with E-state index in [1.54, 1.807) is 19.1 Å². The quantitative estimate of drug-likeness (QED) is 0.398. The summed E-state index contributed by atoms with van der Waals surface area (Å²) in [6, 6.07) is 8.21. The Hall–Kier alpha value is -2.82. The summed E-state index contributed by atoms with van der Waals surface area (Å²) in [5, 5.41) is 0.873. The second-order valence-corrected chi connectivity index (χ2v) is 5.63.